The molecule has 0 aromatic heterocycles. The fourth-order valence-electron chi connectivity index (χ4n) is 1.14. The Kier molecular flexibility index (Phi) is 3.36. The second-order valence-corrected chi connectivity index (χ2v) is 4.85. The van der Waals surface area contributed by atoms with E-state index >= 15 is 0 Å². The molecule has 1 amide bonds. The number of halogens is 1. The van der Waals surface area contributed by atoms with Crippen LogP contribution in [0.1, 0.15) is 10.4 Å². The van der Waals surface area contributed by atoms with Crippen molar-refractivity contribution in [1.82, 2.24) is 0 Å². The Balaban J connectivity index is 3.73. The van der Waals surface area contributed by atoms with E-state index < -0.39 is 42.0 Å². The highest BCUT2D eigenvalue weighted by atomic mass is 35.5. The summed E-state index contributed by atoms with van der Waals surface area (Å²) in [6, 6.07) is 1.76. The molecule has 92 valence electrons. The molecule has 0 spiro atoms. The van der Waals surface area contributed by atoms with Crippen molar-refractivity contribution in [2.75, 3.05) is 0 Å². The van der Waals surface area contributed by atoms with Crippen LogP contribution in [-0.2, 0) is 10.0 Å². The number of hydrogen-bond acceptors (Lipinski definition) is 5. The number of carbonyl (C=O) groups is 1. The summed E-state index contributed by atoms with van der Waals surface area (Å²) < 4.78 is 22.1. The summed E-state index contributed by atoms with van der Waals surface area (Å²) in [6.07, 6.45) is 0. The number of nitrogens with zero attached hydrogens (tertiary/aromatic N) is 1. The molecule has 0 radical (unpaired) electrons. The molecule has 10 heteroatoms. The Bertz CT molecular complexity index is 612. The number of nitro benzene ring substituents is 1. The first-order valence-corrected chi connectivity index (χ1v) is 5.88. The Hall–Kier alpha value is -1.71. The molecule has 0 fully saturated rings. The molecule has 0 atom stereocenters. The first-order valence-electron chi connectivity index (χ1n) is 3.95. The summed E-state index contributed by atoms with van der Waals surface area (Å²) in [5.74, 6) is -1.10. The lowest BCUT2D eigenvalue weighted by atomic mass is 10.1. The molecular formula is C7H6ClN3O5S. The van der Waals surface area contributed by atoms with Gasteiger partial charge in [-0.3, -0.25) is 14.9 Å². The van der Waals surface area contributed by atoms with Crippen LogP contribution in [0.2, 0.25) is 5.02 Å². The first kappa shape index (κ1) is 13.4. The van der Waals surface area contributed by atoms with Crippen LogP contribution in [0.3, 0.4) is 0 Å². The molecule has 0 aliphatic heterocycles. The molecule has 4 N–H and O–H groups in total. The van der Waals surface area contributed by atoms with Gasteiger partial charge in [-0.2, -0.15) is 0 Å². The lowest BCUT2D eigenvalue weighted by Crippen LogP contribution is -2.17. The monoisotopic (exact) mass is 279 g/mol. The van der Waals surface area contributed by atoms with Gasteiger partial charge < -0.3 is 5.73 Å². The van der Waals surface area contributed by atoms with Gasteiger partial charge in [0, 0.05) is 0 Å². The normalized spacial score (nSPS) is 11.2. The SMILES string of the molecule is NC(=O)c1ccc(S(N)(=O)=O)c(Cl)c1[N+](=O)[O-]. The van der Waals surface area contributed by atoms with E-state index in [9.17, 15) is 23.3 Å². The van der Waals surface area contributed by atoms with Crippen molar-refractivity contribution in [2.45, 2.75) is 4.90 Å². The Morgan fingerprint density at radius 3 is 2.29 bits per heavy atom. The Morgan fingerprint density at radius 1 is 1.41 bits per heavy atom. The van der Waals surface area contributed by atoms with Gasteiger partial charge in [-0.1, -0.05) is 11.6 Å². The standard InChI is InChI=1S/C7H6ClN3O5S/c8-5-4(17(10,15)16)2-1-3(7(9)12)6(5)11(13)14/h1-2H,(H2,9,12)(H2,10,15,16). The molecule has 1 aromatic rings. The zero-order valence-electron chi connectivity index (χ0n) is 8.08. The van der Waals surface area contributed by atoms with E-state index in [1.165, 1.54) is 0 Å². The molecule has 0 aliphatic carbocycles. The Morgan fingerprint density at radius 2 is 1.94 bits per heavy atom. The van der Waals surface area contributed by atoms with Crippen LogP contribution >= 0.6 is 11.6 Å². The van der Waals surface area contributed by atoms with E-state index in [1.54, 1.807) is 0 Å². The second-order valence-electron chi connectivity index (χ2n) is 2.94. The minimum atomic E-state index is -4.22. The van der Waals surface area contributed by atoms with Gasteiger partial charge in [-0.05, 0) is 12.1 Å². The minimum absolute atomic E-state index is 0.493. The summed E-state index contributed by atoms with van der Waals surface area (Å²) in [5, 5.41) is 14.8. The lowest BCUT2D eigenvalue weighted by Gasteiger charge is -2.05. The average Bonchev–Trinajstić information content (AvgIpc) is 2.13. The highest BCUT2D eigenvalue weighted by Gasteiger charge is 2.28. The number of nitro groups is 1. The van der Waals surface area contributed by atoms with Gasteiger partial charge in [-0.25, -0.2) is 13.6 Å². The van der Waals surface area contributed by atoms with Crippen LogP contribution in [0, 0.1) is 10.1 Å². The highest BCUT2D eigenvalue weighted by molar-refractivity contribution is 7.89. The number of amides is 1. The number of rotatable bonds is 3. The summed E-state index contributed by atoms with van der Waals surface area (Å²) in [6.45, 7) is 0. The fourth-order valence-corrected chi connectivity index (χ4v) is 2.30. The molecule has 0 bridgehead atoms. The third-order valence-electron chi connectivity index (χ3n) is 1.84. The predicted octanol–water partition coefficient (Wildman–Crippen LogP) is -0.00550. The lowest BCUT2D eigenvalue weighted by molar-refractivity contribution is -0.385. The largest absolute Gasteiger partial charge is 0.365 e. The summed E-state index contributed by atoms with van der Waals surface area (Å²) in [4.78, 5) is 20.0. The topological polar surface area (TPSA) is 146 Å². The summed E-state index contributed by atoms with van der Waals surface area (Å²) >= 11 is 5.53. The zero-order valence-corrected chi connectivity index (χ0v) is 9.66. The van der Waals surface area contributed by atoms with E-state index in [-0.39, 0.29) is 0 Å². The maximum absolute atomic E-state index is 11.1. The van der Waals surface area contributed by atoms with E-state index in [1.807, 2.05) is 0 Å². The zero-order chi connectivity index (χ0) is 13.4. The molecule has 1 aromatic carbocycles. The molecular weight excluding hydrogens is 274 g/mol. The maximum Gasteiger partial charge on any atom is 0.301 e. The van der Waals surface area contributed by atoms with Gasteiger partial charge in [0.2, 0.25) is 10.0 Å². The van der Waals surface area contributed by atoms with Crippen molar-refractivity contribution >= 4 is 33.2 Å². The van der Waals surface area contributed by atoms with Crippen LogP contribution in [0.25, 0.3) is 0 Å². The van der Waals surface area contributed by atoms with Gasteiger partial charge in [0.25, 0.3) is 5.91 Å². The number of sulfonamides is 1. The van der Waals surface area contributed by atoms with Gasteiger partial charge in [0.1, 0.15) is 15.5 Å². The number of hydrogen-bond donors (Lipinski definition) is 2. The molecule has 0 heterocycles. The second kappa shape index (κ2) is 4.28. The van der Waals surface area contributed by atoms with Crippen LogP contribution in [0.4, 0.5) is 5.69 Å². The van der Waals surface area contributed by atoms with Gasteiger partial charge in [0.05, 0.1) is 4.92 Å². The van der Waals surface area contributed by atoms with Crippen molar-refractivity contribution in [2.24, 2.45) is 10.9 Å². The van der Waals surface area contributed by atoms with Crippen LogP contribution < -0.4 is 10.9 Å². The van der Waals surface area contributed by atoms with E-state index in [4.69, 9.17) is 22.5 Å². The number of nitrogens with two attached hydrogens (primary N) is 2. The average molecular weight is 280 g/mol. The van der Waals surface area contributed by atoms with Gasteiger partial charge >= 0.3 is 5.69 Å². The minimum Gasteiger partial charge on any atom is -0.365 e. The van der Waals surface area contributed by atoms with Crippen LogP contribution in [-0.4, -0.2) is 19.2 Å². The van der Waals surface area contributed by atoms with Crippen molar-refractivity contribution < 1.29 is 18.1 Å². The van der Waals surface area contributed by atoms with Crippen LogP contribution in [0.5, 0.6) is 0 Å². The fraction of sp³-hybridized carbons (Fsp3) is 0. The molecule has 0 aliphatic rings. The summed E-state index contributed by atoms with van der Waals surface area (Å²) in [7, 11) is -4.22. The van der Waals surface area contributed by atoms with Crippen molar-refractivity contribution in [3.8, 4) is 0 Å². The molecule has 0 unspecified atom stereocenters. The van der Waals surface area contributed by atoms with E-state index in [2.05, 4.69) is 0 Å². The van der Waals surface area contributed by atoms with Crippen molar-refractivity contribution in [1.29, 1.82) is 0 Å². The van der Waals surface area contributed by atoms with E-state index in [0.29, 0.717) is 0 Å². The smallest absolute Gasteiger partial charge is 0.301 e. The molecule has 17 heavy (non-hydrogen) atoms. The van der Waals surface area contributed by atoms with Gasteiger partial charge in [0.15, 0.2) is 0 Å². The molecule has 0 saturated carbocycles. The summed E-state index contributed by atoms with van der Waals surface area (Å²) in [5.41, 5.74) is 3.52. The van der Waals surface area contributed by atoms with Gasteiger partial charge in [-0.15, -0.1) is 0 Å². The number of primary sulfonamides is 1. The predicted molar refractivity (Wildman–Crippen MR) is 58.0 cm³/mol. The number of benzene rings is 1. The maximum atomic E-state index is 11.1. The van der Waals surface area contributed by atoms with Crippen molar-refractivity contribution in [3.05, 3.63) is 32.8 Å². The Labute approximate surface area is 100 Å². The first-order chi connectivity index (χ1) is 7.66. The molecule has 0 saturated heterocycles. The van der Waals surface area contributed by atoms with Crippen molar-refractivity contribution in [3.63, 3.8) is 0 Å². The molecule has 8 nitrogen and oxygen atoms in total. The third kappa shape index (κ3) is 2.52. The van der Waals surface area contributed by atoms with E-state index in [0.717, 1.165) is 12.1 Å². The highest BCUT2D eigenvalue weighted by Crippen LogP contribution is 2.33. The molecule has 1 rings (SSSR count). The number of carbonyl (C=O) groups excluding carboxylic acids is 1. The quantitative estimate of drug-likeness (QED) is 0.590. The van der Waals surface area contributed by atoms with Crippen LogP contribution in [0.15, 0.2) is 17.0 Å². The number of primary amides is 1. The third-order valence-corrected chi connectivity index (χ3v) is 3.28.